The molecule has 0 aromatic heterocycles. The molecule has 1 aliphatic rings. The van der Waals surface area contributed by atoms with Crippen LogP contribution >= 0.6 is 0 Å². The summed E-state index contributed by atoms with van der Waals surface area (Å²) in [6, 6.07) is 0. The Morgan fingerprint density at radius 2 is 1.94 bits per heavy atom. The number of aliphatic hydroxyl groups is 1. The summed E-state index contributed by atoms with van der Waals surface area (Å²) in [4.78, 5) is 12.6. The van der Waals surface area contributed by atoms with Crippen molar-refractivity contribution in [2.45, 2.75) is 32.0 Å². The van der Waals surface area contributed by atoms with Gasteiger partial charge in [-0.25, -0.2) is 0 Å². The molecule has 1 atom stereocenters. The molecule has 94 valence electrons. The van der Waals surface area contributed by atoms with Gasteiger partial charge in [0.2, 0.25) is 0 Å². The summed E-state index contributed by atoms with van der Waals surface area (Å²) < 4.78 is 36.2. The number of hydrogen-bond acceptors (Lipinski definition) is 3. The van der Waals surface area contributed by atoms with Crippen molar-refractivity contribution in [1.82, 2.24) is 4.90 Å². The third-order valence-corrected chi connectivity index (χ3v) is 2.97. The number of ketones is 1. The van der Waals surface area contributed by atoms with Gasteiger partial charge in [0.1, 0.15) is 5.78 Å². The number of hydrogen-bond donors (Lipinski definition) is 1. The average molecular weight is 239 g/mol. The lowest BCUT2D eigenvalue weighted by atomic mass is 9.93. The molecule has 1 fully saturated rings. The predicted molar refractivity (Wildman–Crippen MR) is 51.9 cm³/mol. The van der Waals surface area contributed by atoms with E-state index in [0.29, 0.717) is 25.9 Å². The van der Waals surface area contributed by atoms with E-state index in [1.807, 2.05) is 0 Å². The summed E-state index contributed by atoms with van der Waals surface area (Å²) >= 11 is 0. The van der Waals surface area contributed by atoms with Crippen molar-refractivity contribution in [2.75, 3.05) is 19.6 Å². The van der Waals surface area contributed by atoms with Crippen LogP contribution in [-0.2, 0) is 4.79 Å². The van der Waals surface area contributed by atoms with E-state index in [4.69, 9.17) is 5.11 Å². The Labute approximate surface area is 92.2 Å². The van der Waals surface area contributed by atoms with Crippen LogP contribution in [0.4, 0.5) is 13.2 Å². The second-order valence-corrected chi connectivity index (χ2v) is 4.24. The molecule has 3 nitrogen and oxygen atoms in total. The van der Waals surface area contributed by atoms with Gasteiger partial charge in [-0.1, -0.05) is 0 Å². The molecule has 1 saturated heterocycles. The van der Waals surface area contributed by atoms with Crippen molar-refractivity contribution in [2.24, 2.45) is 5.92 Å². The highest BCUT2D eigenvalue weighted by atomic mass is 19.4. The van der Waals surface area contributed by atoms with Gasteiger partial charge in [0, 0.05) is 12.5 Å². The van der Waals surface area contributed by atoms with Crippen LogP contribution in [0, 0.1) is 5.92 Å². The van der Waals surface area contributed by atoms with Crippen LogP contribution in [0.1, 0.15) is 19.8 Å². The maximum Gasteiger partial charge on any atom is 0.415 e. The van der Waals surface area contributed by atoms with Gasteiger partial charge in [0.25, 0.3) is 0 Å². The number of likely N-dealkylation sites (tertiary alicyclic amines) is 1. The summed E-state index contributed by atoms with van der Waals surface area (Å²) in [5.74, 6) is 0.0651. The van der Waals surface area contributed by atoms with E-state index in [1.54, 1.807) is 4.90 Å². The van der Waals surface area contributed by atoms with Crippen LogP contribution in [0.25, 0.3) is 0 Å². The smallest absolute Gasteiger partial charge is 0.382 e. The summed E-state index contributed by atoms with van der Waals surface area (Å²) in [6.07, 6.45) is -5.68. The fraction of sp³-hybridized carbons (Fsp3) is 0.900. The highest BCUT2D eigenvalue weighted by molar-refractivity contribution is 5.78. The number of piperidine rings is 1. The van der Waals surface area contributed by atoms with Crippen molar-refractivity contribution in [1.29, 1.82) is 0 Å². The molecule has 0 aromatic carbocycles. The number of carbonyl (C=O) groups excluding carboxylic acids is 1. The van der Waals surface area contributed by atoms with Gasteiger partial charge in [-0.2, -0.15) is 13.2 Å². The lowest BCUT2D eigenvalue weighted by Gasteiger charge is -2.32. The monoisotopic (exact) mass is 239 g/mol. The van der Waals surface area contributed by atoms with Crippen LogP contribution in [0.3, 0.4) is 0 Å². The Balaban J connectivity index is 2.35. The molecule has 1 heterocycles. The standard InChI is InChI=1S/C10H16F3NO2/c1-7(15)8-2-4-14(5-3-8)6-9(16)10(11,12)13/h8-9,16H,2-6H2,1H3. The minimum Gasteiger partial charge on any atom is -0.382 e. The number of rotatable bonds is 3. The molecule has 1 N–H and O–H groups in total. The van der Waals surface area contributed by atoms with Crippen molar-refractivity contribution in [3.05, 3.63) is 0 Å². The fourth-order valence-electron chi connectivity index (χ4n) is 1.87. The van der Waals surface area contributed by atoms with E-state index >= 15 is 0 Å². The summed E-state index contributed by atoms with van der Waals surface area (Å²) in [6.45, 7) is 1.99. The molecule has 16 heavy (non-hydrogen) atoms. The van der Waals surface area contributed by atoms with Crippen molar-refractivity contribution in [3.63, 3.8) is 0 Å². The second-order valence-electron chi connectivity index (χ2n) is 4.24. The SMILES string of the molecule is CC(=O)C1CCN(CC(O)C(F)(F)F)CC1. The van der Waals surface area contributed by atoms with E-state index in [1.165, 1.54) is 6.92 Å². The molecule has 0 aliphatic carbocycles. The molecule has 0 bridgehead atoms. The van der Waals surface area contributed by atoms with Crippen LogP contribution in [-0.4, -0.2) is 47.7 Å². The van der Waals surface area contributed by atoms with E-state index in [9.17, 15) is 18.0 Å². The first-order valence-corrected chi connectivity index (χ1v) is 5.28. The number of aliphatic hydroxyl groups excluding tert-OH is 1. The van der Waals surface area contributed by atoms with Crippen LogP contribution in [0.2, 0.25) is 0 Å². The zero-order chi connectivity index (χ0) is 12.3. The molecule has 0 saturated carbocycles. The Morgan fingerprint density at radius 1 is 1.44 bits per heavy atom. The first-order chi connectivity index (χ1) is 7.30. The quantitative estimate of drug-likeness (QED) is 0.804. The topological polar surface area (TPSA) is 40.5 Å². The minimum atomic E-state index is -4.56. The number of alkyl halides is 3. The Kier molecular flexibility index (Phi) is 4.32. The van der Waals surface area contributed by atoms with Crippen molar-refractivity contribution < 1.29 is 23.1 Å². The zero-order valence-electron chi connectivity index (χ0n) is 9.13. The van der Waals surface area contributed by atoms with Crippen LogP contribution in [0.15, 0.2) is 0 Å². The third-order valence-electron chi connectivity index (χ3n) is 2.97. The van der Waals surface area contributed by atoms with Gasteiger partial charge in [-0.05, 0) is 32.9 Å². The van der Waals surface area contributed by atoms with Gasteiger partial charge >= 0.3 is 6.18 Å². The summed E-state index contributed by atoms with van der Waals surface area (Å²) in [5, 5.41) is 8.88. The molecular formula is C10H16F3NO2. The zero-order valence-corrected chi connectivity index (χ0v) is 9.13. The second kappa shape index (κ2) is 5.14. The average Bonchev–Trinajstić information content (AvgIpc) is 2.17. The van der Waals surface area contributed by atoms with E-state index < -0.39 is 18.8 Å². The molecule has 1 unspecified atom stereocenters. The van der Waals surface area contributed by atoms with Crippen LogP contribution in [0.5, 0.6) is 0 Å². The van der Waals surface area contributed by atoms with E-state index in [2.05, 4.69) is 0 Å². The third kappa shape index (κ3) is 3.75. The Morgan fingerprint density at radius 3 is 2.31 bits per heavy atom. The molecule has 0 radical (unpaired) electrons. The summed E-state index contributed by atoms with van der Waals surface area (Å²) in [7, 11) is 0. The van der Waals surface area contributed by atoms with E-state index in [-0.39, 0.29) is 11.7 Å². The number of nitrogens with zero attached hydrogens (tertiary/aromatic N) is 1. The van der Waals surface area contributed by atoms with Gasteiger partial charge < -0.3 is 10.0 Å². The molecule has 1 aliphatic heterocycles. The van der Waals surface area contributed by atoms with E-state index in [0.717, 1.165) is 0 Å². The van der Waals surface area contributed by atoms with Crippen molar-refractivity contribution >= 4 is 5.78 Å². The highest BCUT2D eigenvalue weighted by Crippen LogP contribution is 2.23. The summed E-state index contributed by atoms with van der Waals surface area (Å²) in [5.41, 5.74) is 0. The van der Waals surface area contributed by atoms with Gasteiger partial charge in [0.05, 0.1) is 0 Å². The molecule has 0 aromatic rings. The lowest BCUT2D eigenvalue weighted by Crippen LogP contribution is -2.44. The maximum absolute atomic E-state index is 12.1. The predicted octanol–water partition coefficient (Wildman–Crippen LogP) is 1.21. The van der Waals surface area contributed by atoms with Gasteiger partial charge in [0.15, 0.2) is 6.10 Å². The molecule has 0 spiro atoms. The number of halogens is 3. The Bertz CT molecular complexity index is 247. The molecule has 1 rings (SSSR count). The molecule has 6 heteroatoms. The van der Waals surface area contributed by atoms with Gasteiger partial charge in [-0.3, -0.25) is 4.79 Å². The molecular weight excluding hydrogens is 223 g/mol. The molecule has 0 amide bonds. The van der Waals surface area contributed by atoms with Crippen LogP contribution < -0.4 is 0 Å². The number of Topliss-reactive ketones (excluding diaryl/α,β-unsaturated/α-hetero) is 1. The number of β-amino-alcohol motifs (C(OH)–C–C–N with tert-alkyl or cyclic N) is 1. The minimum absolute atomic E-state index is 0.0284. The lowest BCUT2D eigenvalue weighted by molar-refractivity contribution is -0.208. The largest absolute Gasteiger partial charge is 0.415 e. The van der Waals surface area contributed by atoms with Gasteiger partial charge in [-0.15, -0.1) is 0 Å². The highest BCUT2D eigenvalue weighted by Gasteiger charge is 2.39. The maximum atomic E-state index is 12.1. The fourth-order valence-corrected chi connectivity index (χ4v) is 1.87. The van der Waals surface area contributed by atoms with Crippen molar-refractivity contribution in [3.8, 4) is 0 Å². The first-order valence-electron chi connectivity index (χ1n) is 5.28. The Hall–Kier alpha value is -0.620. The first kappa shape index (κ1) is 13.4. The number of carbonyl (C=O) groups is 1. The normalized spacial score (nSPS) is 22.1.